The summed E-state index contributed by atoms with van der Waals surface area (Å²) in [6.45, 7) is 0.359. The standard InChI is InChI=1S/C23H21ClN6O4S/c24-20-8-7-19(35-20)23(34)26-13-15-14-30(28-27-15)18-6-5-16(29-10-2-1-4-21(29)32)12-17(18)22(33)25-9-3-11-31/h1-2,4-8,10,12,14,31H,3,9,11,13H2,(H,25,33)(H,26,34). The van der Waals surface area contributed by atoms with Crippen LogP contribution in [0.25, 0.3) is 11.4 Å². The van der Waals surface area contributed by atoms with Gasteiger partial charge in [-0.1, -0.05) is 22.9 Å². The van der Waals surface area contributed by atoms with Crippen LogP contribution in [0.4, 0.5) is 0 Å². The summed E-state index contributed by atoms with van der Waals surface area (Å²) in [5.41, 5.74) is 1.46. The molecule has 2 amide bonds. The van der Waals surface area contributed by atoms with Gasteiger partial charge in [0.15, 0.2) is 0 Å². The maximum atomic E-state index is 13.0. The lowest BCUT2D eigenvalue weighted by Crippen LogP contribution is -2.27. The fraction of sp³-hybridized carbons (Fsp3) is 0.174. The van der Waals surface area contributed by atoms with Crippen LogP contribution >= 0.6 is 22.9 Å². The molecule has 1 aromatic carbocycles. The molecule has 0 unspecified atom stereocenters. The third kappa shape index (κ3) is 5.83. The normalized spacial score (nSPS) is 10.8. The van der Waals surface area contributed by atoms with Crippen LogP contribution in [0.5, 0.6) is 0 Å². The van der Waals surface area contributed by atoms with Gasteiger partial charge in [-0.15, -0.1) is 16.4 Å². The Bertz CT molecular complexity index is 1410. The van der Waals surface area contributed by atoms with Gasteiger partial charge in [0.25, 0.3) is 17.4 Å². The van der Waals surface area contributed by atoms with Gasteiger partial charge in [-0.25, -0.2) is 4.68 Å². The van der Waals surface area contributed by atoms with Crippen LogP contribution in [0.2, 0.25) is 4.34 Å². The lowest BCUT2D eigenvalue weighted by atomic mass is 10.1. The Balaban J connectivity index is 1.60. The average molecular weight is 513 g/mol. The molecule has 0 radical (unpaired) electrons. The first-order valence-corrected chi connectivity index (χ1v) is 11.8. The first-order chi connectivity index (χ1) is 17.0. The number of pyridine rings is 1. The van der Waals surface area contributed by atoms with E-state index in [1.165, 1.54) is 26.7 Å². The van der Waals surface area contributed by atoms with Crippen molar-refractivity contribution in [1.82, 2.24) is 30.2 Å². The number of hydrogen-bond acceptors (Lipinski definition) is 7. The molecule has 0 spiro atoms. The van der Waals surface area contributed by atoms with E-state index in [4.69, 9.17) is 16.7 Å². The van der Waals surface area contributed by atoms with E-state index in [1.54, 1.807) is 54.9 Å². The number of aliphatic hydroxyl groups is 1. The molecule has 3 heterocycles. The molecular formula is C23H21ClN6O4S. The molecule has 4 rings (SSSR count). The molecular weight excluding hydrogens is 492 g/mol. The highest BCUT2D eigenvalue weighted by Gasteiger charge is 2.17. The number of nitrogens with one attached hydrogen (secondary N) is 2. The fourth-order valence-electron chi connectivity index (χ4n) is 3.26. The SMILES string of the molecule is O=C(NCc1cn(-c2ccc(-n3ccccc3=O)cc2C(=O)NCCCO)nn1)c1ccc(Cl)s1. The first-order valence-electron chi connectivity index (χ1n) is 10.6. The highest BCUT2D eigenvalue weighted by molar-refractivity contribution is 7.17. The largest absolute Gasteiger partial charge is 0.396 e. The summed E-state index contributed by atoms with van der Waals surface area (Å²) in [6, 6.07) is 13.0. The van der Waals surface area contributed by atoms with Crippen molar-refractivity contribution in [2.75, 3.05) is 13.2 Å². The first kappa shape index (κ1) is 24.3. The van der Waals surface area contributed by atoms with Gasteiger partial charge in [0, 0.05) is 31.1 Å². The molecule has 180 valence electrons. The van der Waals surface area contributed by atoms with Crippen LogP contribution in [0.1, 0.15) is 32.1 Å². The fourth-order valence-corrected chi connectivity index (χ4v) is 4.22. The van der Waals surface area contributed by atoms with Crippen molar-refractivity contribution in [3.8, 4) is 11.4 Å². The Morgan fingerprint density at radius 3 is 2.69 bits per heavy atom. The summed E-state index contributed by atoms with van der Waals surface area (Å²) < 4.78 is 3.38. The van der Waals surface area contributed by atoms with Crippen molar-refractivity contribution < 1.29 is 14.7 Å². The maximum Gasteiger partial charge on any atom is 0.261 e. The Hall–Kier alpha value is -3.80. The summed E-state index contributed by atoms with van der Waals surface area (Å²) in [5, 5.41) is 22.7. The molecule has 35 heavy (non-hydrogen) atoms. The Morgan fingerprint density at radius 2 is 1.94 bits per heavy atom. The van der Waals surface area contributed by atoms with Crippen LogP contribution in [0.15, 0.2) is 65.7 Å². The molecule has 0 atom stereocenters. The molecule has 0 saturated heterocycles. The van der Waals surface area contributed by atoms with Gasteiger partial charge in [-0.3, -0.25) is 19.0 Å². The van der Waals surface area contributed by atoms with Crippen LogP contribution in [-0.4, -0.2) is 49.6 Å². The van der Waals surface area contributed by atoms with E-state index >= 15 is 0 Å². The number of amides is 2. The van der Waals surface area contributed by atoms with E-state index in [0.29, 0.717) is 32.7 Å². The quantitative estimate of drug-likeness (QED) is 0.295. The second-order valence-electron chi connectivity index (χ2n) is 7.38. The zero-order valence-corrected chi connectivity index (χ0v) is 19.9. The number of rotatable bonds is 9. The summed E-state index contributed by atoms with van der Waals surface area (Å²) in [6.07, 6.45) is 3.62. The van der Waals surface area contributed by atoms with Crippen molar-refractivity contribution >= 4 is 34.8 Å². The summed E-state index contributed by atoms with van der Waals surface area (Å²) in [4.78, 5) is 38.0. The van der Waals surface area contributed by atoms with Gasteiger partial charge in [-0.05, 0) is 42.8 Å². The minimum absolute atomic E-state index is 0.0532. The number of hydrogen-bond donors (Lipinski definition) is 3. The third-order valence-electron chi connectivity index (χ3n) is 4.96. The van der Waals surface area contributed by atoms with Crippen molar-refractivity contribution in [3.63, 3.8) is 0 Å². The van der Waals surface area contributed by atoms with E-state index in [0.717, 1.165) is 0 Å². The van der Waals surface area contributed by atoms with Crippen LogP contribution in [-0.2, 0) is 6.54 Å². The molecule has 0 fully saturated rings. The van der Waals surface area contributed by atoms with Gasteiger partial charge < -0.3 is 15.7 Å². The molecule has 3 aromatic heterocycles. The highest BCUT2D eigenvalue weighted by atomic mass is 35.5. The Labute approximate surface area is 208 Å². The lowest BCUT2D eigenvalue weighted by Gasteiger charge is -2.13. The Morgan fingerprint density at radius 1 is 1.09 bits per heavy atom. The molecule has 4 aromatic rings. The van der Waals surface area contributed by atoms with Gasteiger partial charge in [-0.2, -0.15) is 0 Å². The van der Waals surface area contributed by atoms with E-state index < -0.39 is 0 Å². The van der Waals surface area contributed by atoms with Crippen molar-refractivity contribution in [2.24, 2.45) is 0 Å². The predicted octanol–water partition coefficient (Wildman–Crippen LogP) is 2.18. The number of thiophene rings is 1. The van der Waals surface area contributed by atoms with Gasteiger partial charge >= 0.3 is 0 Å². The number of aromatic nitrogens is 4. The van der Waals surface area contributed by atoms with Gasteiger partial charge in [0.05, 0.1) is 33.2 Å². The number of carbonyl (C=O) groups excluding carboxylic acids is 2. The smallest absolute Gasteiger partial charge is 0.261 e. The molecule has 0 aliphatic heterocycles. The second kappa shape index (κ2) is 11.1. The monoisotopic (exact) mass is 512 g/mol. The summed E-state index contributed by atoms with van der Waals surface area (Å²) >= 11 is 7.06. The zero-order chi connectivity index (χ0) is 24.8. The molecule has 12 heteroatoms. The average Bonchev–Trinajstić information content (AvgIpc) is 3.52. The van der Waals surface area contributed by atoms with Gasteiger partial charge in [0.1, 0.15) is 5.69 Å². The third-order valence-corrected chi connectivity index (χ3v) is 6.19. The lowest BCUT2D eigenvalue weighted by molar-refractivity contribution is 0.0944. The van der Waals surface area contributed by atoms with E-state index in [9.17, 15) is 14.4 Å². The number of nitrogens with zero attached hydrogens (tertiary/aromatic N) is 4. The molecule has 0 aliphatic carbocycles. The predicted molar refractivity (Wildman–Crippen MR) is 131 cm³/mol. The molecule has 0 aliphatic rings. The number of aliphatic hydroxyl groups excluding tert-OH is 1. The van der Waals surface area contributed by atoms with Crippen molar-refractivity contribution in [3.05, 3.63) is 91.7 Å². The van der Waals surface area contributed by atoms with E-state index in [2.05, 4.69) is 20.9 Å². The Kier molecular flexibility index (Phi) is 7.70. The minimum atomic E-state index is -0.390. The van der Waals surface area contributed by atoms with Crippen molar-refractivity contribution in [2.45, 2.75) is 13.0 Å². The summed E-state index contributed by atoms with van der Waals surface area (Å²) in [7, 11) is 0. The van der Waals surface area contributed by atoms with Crippen LogP contribution in [0.3, 0.4) is 0 Å². The number of halogens is 1. The molecule has 0 saturated carbocycles. The second-order valence-corrected chi connectivity index (χ2v) is 9.10. The molecule has 0 bridgehead atoms. The topological polar surface area (TPSA) is 131 Å². The van der Waals surface area contributed by atoms with E-state index in [-0.39, 0.29) is 42.6 Å². The number of carbonyl (C=O) groups is 2. The maximum absolute atomic E-state index is 13.0. The van der Waals surface area contributed by atoms with Crippen LogP contribution in [0, 0.1) is 0 Å². The highest BCUT2D eigenvalue weighted by Crippen LogP contribution is 2.21. The van der Waals surface area contributed by atoms with Crippen molar-refractivity contribution in [1.29, 1.82) is 0 Å². The van der Waals surface area contributed by atoms with E-state index in [1.807, 2.05) is 0 Å². The van der Waals surface area contributed by atoms with Crippen LogP contribution < -0.4 is 16.2 Å². The molecule has 10 nitrogen and oxygen atoms in total. The van der Waals surface area contributed by atoms with Gasteiger partial charge in [0.2, 0.25) is 0 Å². The summed E-state index contributed by atoms with van der Waals surface area (Å²) in [5.74, 6) is -0.669. The number of benzene rings is 1. The zero-order valence-electron chi connectivity index (χ0n) is 18.3. The minimum Gasteiger partial charge on any atom is -0.396 e. The molecule has 3 N–H and O–H groups in total.